The first-order valence-electron chi connectivity index (χ1n) is 10.8. The van der Waals surface area contributed by atoms with Crippen LogP contribution in [0.15, 0.2) is 18.2 Å². The van der Waals surface area contributed by atoms with E-state index in [9.17, 15) is 14.4 Å². The van der Waals surface area contributed by atoms with Gasteiger partial charge in [0.25, 0.3) is 5.91 Å². The van der Waals surface area contributed by atoms with Crippen molar-refractivity contribution >= 4 is 45.8 Å². The Balaban J connectivity index is 1.60. The number of carbonyl (C=O) groups is 3. The summed E-state index contributed by atoms with van der Waals surface area (Å²) >= 11 is 7.29. The van der Waals surface area contributed by atoms with Crippen LogP contribution in [0.4, 0.5) is 5.00 Å². The molecule has 0 radical (unpaired) electrons. The minimum Gasteiger partial charge on any atom is -0.482 e. The van der Waals surface area contributed by atoms with Crippen LogP contribution in [-0.2, 0) is 31.9 Å². The van der Waals surface area contributed by atoms with Gasteiger partial charge in [0.05, 0.1) is 11.7 Å². The van der Waals surface area contributed by atoms with E-state index in [1.807, 2.05) is 6.92 Å². The third-order valence-corrected chi connectivity index (χ3v) is 6.56. The molecule has 0 aliphatic heterocycles. The Bertz CT molecular complexity index is 1050. The van der Waals surface area contributed by atoms with Gasteiger partial charge in [0, 0.05) is 9.90 Å². The van der Waals surface area contributed by atoms with Crippen molar-refractivity contribution in [2.75, 3.05) is 18.5 Å². The standard InChI is InChI=1S/C24H28ClNO6S/c1-13(2)32-24(29)22-17-7-5-14(3)9-19(17)33-23(22)26-20(27)11-31-21(28)12-30-18-8-6-16(25)10-15(18)4/h6,8,10,13-14H,5,7,9,11-12H2,1-4H3,(H,26,27). The average Bonchev–Trinajstić information content (AvgIpc) is 3.07. The fourth-order valence-electron chi connectivity index (χ4n) is 3.59. The normalized spacial score (nSPS) is 15.0. The molecule has 0 saturated heterocycles. The Hall–Kier alpha value is -2.58. The number of anilines is 1. The molecule has 1 amide bonds. The molecule has 33 heavy (non-hydrogen) atoms. The molecule has 0 spiro atoms. The lowest BCUT2D eigenvalue weighted by Crippen LogP contribution is -2.24. The van der Waals surface area contributed by atoms with Crippen LogP contribution in [0.25, 0.3) is 0 Å². The molecule has 1 aromatic heterocycles. The van der Waals surface area contributed by atoms with Gasteiger partial charge in [-0.25, -0.2) is 9.59 Å². The molecular formula is C24H28ClNO6S. The number of rotatable bonds is 8. The second-order valence-electron chi connectivity index (χ2n) is 8.42. The average molecular weight is 494 g/mol. The fourth-order valence-corrected chi connectivity index (χ4v) is 5.23. The molecule has 2 aromatic rings. The third-order valence-electron chi connectivity index (χ3n) is 5.16. The number of hydrogen-bond acceptors (Lipinski definition) is 7. The maximum absolute atomic E-state index is 12.7. The largest absolute Gasteiger partial charge is 0.482 e. The van der Waals surface area contributed by atoms with Crippen LogP contribution in [0.1, 0.15) is 53.6 Å². The molecule has 1 unspecified atom stereocenters. The van der Waals surface area contributed by atoms with Crippen molar-refractivity contribution in [1.82, 2.24) is 0 Å². The van der Waals surface area contributed by atoms with Crippen LogP contribution in [0, 0.1) is 12.8 Å². The Morgan fingerprint density at radius 1 is 1.24 bits per heavy atom. The van der Waals surface area contributed by atoms with E-state index >= 15 is 0 Å². The number of carbonyl (C=O) groups excluding carboxylic acids is 3. The van der Waals surface area contributed by atoms with Gasteiger partial charge in [0.15, 0.2) is 13.2 Å². The van der Waals surface area contributed by atoms with Gasteiger partial charge >= 0.3 is 11.9 Å². The van der Waals surface area contributed by atoms with Crippen LogP contribution >= 0.6 is 22.9 Å². The monoisotopic (exact) mass is 493 g/mol. The number of ether oxygens (including phenoxy) is 3. The number of amides is 1. The van der Waals surface area contributed by atoms with Crippen LogP contribution in [0.3, 0.4) is 0 Å². The number of hydrogen-bond donors (Lipinski definition) is 1. The van der Waals surface area contributed by atoms with Crippen molar-refractivity contribution in [2.45, 2.75) is 53.1 Å². The highest BCUT2D eigenvalue weighted by molar-refractivity contribution is 7.17. The Morgan fingerprint density at radius 2 is 2.00 bits per heavy atom. The van der Waals surface area contributed by atoms with E-state index in [4.69, 9.17) is 25.8 Å². The first-order chi connectivity index (χ1) is 15.6. The molecule has 1 aliphatic carbocycles. The van der Waals surface area contributed by atoms with Gasteiger partial charge in [0.1, 0.15) is 10.8 Å². The van der Waals surface area contributed by atoms with Gasteiger partial charge in [-0.3, -0.25) is 4.79 Å². The van der Waals surface area contributed by atoms with E-state index in [-0.39, 0.29) is 12.7 Å². The minimum absolute atomic E-state index is 0.274. The van der Waals surface area contributed by atoms with Gasteiger partial charge < -0.3 is 19.5 Å². The molecule has 1 aliphatic rings. The molecule has 7 nitrogen and oxygen atoms in total. The SMILES string of the molecule is Cc1cc(Cl)ccc1OCC(=O)OCC(=O)Nc1sc2c(c1C(=O)OC(C)C)CCC(C)C2. The number of aryl methyl sites for hydroxylation is 1. The highest BCUT2D eigenvalue weighted by Crippen LogP contribution is 2.40. The molecule has 0 bridgehead atoms. The number of fused-ring (bicyclic) bond motifs is 1. The summed E-state index contributed by atoms with van der Waals surface area (Å²) in [6.45, 7) is 6.71. The quantitative estimate of drug-likeness (QED) is 0.522. The van der Waals surface area contributed by atoms with Gasteiger partial charge in [0.2, 0.25) is 0 Å². The summed E-state index contributed by atoms with van der Waals surface area (Å²) in [7, 11) is 0. The fraction of sp³-hybridized carbons (Fsp3) is 0.458. The van der Waals surface area contributed by atoms with Crippen molar-refractivity contribution in [1.29, 1.82) is 0 Å². The van der Waals surface area contributed by atoms with Crippen molar-refractivity contribution in [3.05, 3.63) is 44.8 Å². The molecule has 1 heterocycles. The summed E-state index contributed by atoms with van der Waals surface area (Å²) in [4.78, 5) is 38.3. The number of halogens is 1. The molecule has 1 aromatic carbocycles. The van der Waals surface area contributed by atoms with E-state index < -0.39 is 24.5 Å². The first-order valence-corrected chi connectivity index (χ1v) is 12.0. The highest BCUT2D eigenvalue weighted by Gasteiger charge is 2.29. The topological polar surface area (TPSA) is 90.9 Å². The van der Waals surface area contributed by atoms with E-state index in [1.54, 1.807) is 32.0 Å². The Kier molecular flexibility index (Phi) is 8.37. The van der Waals surface area contributed by atoms with Gasteiger partial charge in [-0.1, -0.05) is 18.5 Å². The zero-order chi connectivity index (χ0) is 24.1. The zero-order valence-electron chi connectivity index (χ0n) is 19.2. The molecule has 1 N–H and O–H groups in total. The lowest BCUT2D eigenvalue weighted by atomic mass is 9.88. The molecule has 1 atom stereocenters. The summed E-state index contributed by atoms with van der Waals surface area (Å²) in [6, 6.07) is 5.04. The summed E-state index contributed by atoms with van der Waals surface area (Å²) in [5.74, 6) is -0.642. The minimum atomic E-state index is -0.682. The molecule has 0 fully saturated rings. The third kappa shape index (κ3) is 6.71. The van der Waals surface area contributed by atoms with Crippen molar-refractivity contribution in [2.24, 2.45) is 5.92 Å². The number of esters is 2. The lowest BCUT2D eigenvalue weighted by molar-refractivity contribution is -0.149. The van der Waals surface area contributed by atoms with Crippen molar-refractivity contribution in [3.8, 4) is 5.75 Å². The second-order valence-corrected chi connectivity index (χ2v) is 9.96. The zero-order valence-corrected chi connectivity index (χ0v) is 20.7. The molecule has 178 valence electrons. The molecule has 3 rings (SSSR count). The van der Waals surface area contributed by atoms with Gasteiger partial charge in [-0.2, -0.15) is 0 Å². The van der Waals surface area contributed by atoms with Gasteiger partial charge in [-0.05, 0) is 75.3 Å². The van der Waals surface area contributed by atoms with Crippen molar-refractivity contribution < 1.29 is 28.6 Å². The summed E-state index contributed by atoms with van der Waals surface area (Å²) in [5.41, 5.74) is 2.14. The number of thiophene rings is 1. The van der Waals surface area contributed by atoms with Gasteiger partial charge in [-0.15, -0.1) is 11.3 Å². The van der Waals surface area contributed by atoms with Crippen LogP contribution < -0.4 is 10.1 Å². The summed E-state index contributed by atoms with van der Waals surface area (Å²) in [5, 5.41) is 3.74. The summed E-state index contributed by atoms with van der Waals surface area (Å²) < 4.78 is 15.9. The lowest BCUT2D eigenvalue weighted by Gasteiger charge is -2.18. The molecular weight excluding hydrogens is 466 g/mol. The number of nitrogens with one attached hydrogen (secondary N) is 1. The van der Waals surface area contributed by atoms with E-state index in [0.717, 1.165) is 35.3 Å². The first kappa shape index (κ1) is 25.1. The Labute approximate surface area is 202 Å². The number of benzene rings is 1. The molecule has 0 saturated carbocycles. The van der Waals surface area contributed by atoms with E-state index in [0.29, 0.717) is 27.3 Å². The maximum Gasteiger partial charge on any atom is 0.344 e. The van der Waals surface area contributed by atoms with E-state index in [1.165, 1.54) is 11.3 Å². The predicted molar refractivity (Wildman–Crippen MR) is 127 cm³/mol. The predicted octanol–water partition coefficient (Wildman–Crippen LogP) is 4.96. The van der Waals surface area contributed by atoms with E-state index in [2.05, 4.69) is 12.2 Å². The smallest absolute Gasteiger partial charge is 0.344 e. The van der Waals surface area contributed by atoms with Crippen LogP contribution in [0.2, 0.25) is 5.02 Å². The van der Waals surface area contributed by atoms with Crippen molar-refractivity contribution in [3.63, 3.8) is 0 Å². The second kappa shape index (κ2) is 11.0. The molecule has 9 heteroatoms. The highest BCUT2D eigenvalue weighted by atomic mass is 35.5. The Morgan fingerprint density at radius 3 is 2.70 bits per heavy atom. The van der Waals surface area contributed by atoms with Crippen LogP contribution in [-0.4, -0.2) is 37.2 Å². The maximum atomic E-state index is 12.7. The van der Waals surface area contributed by atoms with Crippen LogP contribution in [0.5, 0.6) is 5.75 Å². The summed E-state index contributed by atoms with van der Waals surface area (Å²) in [6.07, 6.45) is 2.32.